The van der Waals surface area contributed by atoms with Gasteiger partial charge in [-0.25, -0.2) is 0 Å². The highest BCUT2D eigenvalue weighted by molar-refractivity contribution is 7.16. The first-order valence-electron chi connectivity index (χ1n) is 8.97. The number of carbonyl (C=O) groups is 2. The van der Waals surface area contributed by atoms with Crippen molar-refractivity contribution in [2.24, 2.45) is 0 Å². The van der Waals surface area contributed by atoms with E-state index in [-0.39, 0.29) is 18.4 Å². The molecule has 7 nitrogen and oxygen atoms in total. The first-order valence-corrected chi connectivity index (χ1v) is 9.79. The number of hydrogen-bond donors (Lipinski definition) is 1. The van der Waals surface area contributed by atoms with Crippen molar-refractivity contribution in [3.63, 3.8) is 0 Å². The van der Waals surface area contributed by atoms with Gasteiger partial charge in [0, 0.05) is 18.3 Å². The molecule has 1 aromatic heterocycles. The third-order valence-electron chi connectivity index (χ3n) is 4.37. The van der Waals surface area contributed by atoms with Gasteiger partial charge in [0.15, 0.2) is 6.61 Å². The van der Waals surface area contributed by atoms with Gasteiger partial charge < -0.3 is 19.7 Å². The topological polar surface area (TPSA) is 91.7 Å². The lowest BCUT2D eigenvalue weighted by atomic mass is 10.0. The van der Waals surface area contributed by atoms with E-state index < -0.39 is 0 Å². The SMILES string of the molecule is CCOc1ccc(OCC(=O)Nc2sc3c(c2C#N)CCN(C(C)=O)C3)cc1. The van der Waals surface area contributed by atoms with Crippen LogP contribution >= 0.6 is 11.3 Å². The maximum atomic E-state index is 12.3. The van der Waals surface area contributed by atoms with E-state index in [4.69, 9.17) is 9.47 Å². The zero-order chi connectivity index (χ0) is 20.1. The Hall–Kier alpha value is -3.05. The second-order valence-corrected chi connectivity index (χ2v) is 7.36. The Labute approximate surface area is 167 Å². The molecule has 1 aliphatic rings. The molecule has 8 heteroatoms. The first kappa shape index (κ1) is 19.7. The van der Waals surface area contributed by atoms with Gasteiger partial charge >= 0.3 is 0 Å². The number of fused-ring (bicyclic) bond motifs is 1. The molecule has 0 atom stereocenters. The molecule has 0 aliphatic carbocycles. The number of rotatable bonds is 6. The number of nitriles is 1. The third-order valence-corrected chi connectivity index (χ3v) is 5.50. The average molecular weight is 399 g/mol. The van der Waals surface area contributed by atoms with E-state index in [1.807, 2.05) is 6.92 Å². The number of ether oxygens (including phenoxy) is 2. The van der Waals surface area contributed by atoms with Crippen molar-refractivity contribution in [3.05, 3.63) is 40.3 Å². The third kappa shape index (κ3) is 4.43. The highest BCUT2D eigenvalue weighted by Gasteiger charge is 2.26. The number of carbonyl (C=O) groups excluding carboxylic acids is 2. The van der Waals surface area contributed by atoms with Crippen molar-refractivity contribution in [2.45, 2.75) is 26.8 Å². The van der Waals surface area contributed by atoms with Gasteiger partial charge in [0.2, 0.25) is 5.91 Å². The average Bonchev–Trinajstić information content (AvgIpc) is 3.03. The summed E-state index contributed by atoms with van der Waals surface area (Å²) in [4.78, 5) is 26.6. The van der Waals surface area contributed by atoms with E-state index in [0.717, 1.165) is 16.2 Å². The maximum Gasteiger partial charge on any atom is 0.262 e. The predicted octanol–water partition coefficient (Wildman–Crippen LogP) is 2.94. The lowest BCUT2D eigenvalue weighted by molar-refractivity contribution is -0.129. The van der Waals surface area contributed by atoms with Crippen molar-refractivity contribution in [1.29, 1.82) is 5.26 Å². The molecule has 0 unspecified atom stereocenters. The number of nitrogens with one attached hydrogen (secondary N) is 1. The molecule has 2 aromatic rings. The van der Waals surface area contributed by atoms with Crippen LogP contribution in [0.2, 0.25) is 0 Å². The van der Waals surface area contributed by atoms with Gasteiger partial charge in [-0.05, 0) is 43.2 Å². The second-order valence-electron chi connectivity index (χ2n) is 6.25. The van der Waals surface area contributed by atoms with Crippen molar-refractivity contribution >= 4 is 28.2 Å². The molecule has 1 aliphatic heterocycles. The molecule has 1 aromatic carbocycles. The summed E-state index contributed by atoms with van der Waals surface area (Å²) in [6, 6.07) is 9.21. The minimum absolute atomic E-state index is 0.00639. The van der Waals surface area contributed by atoms with Crippen LogP contribution in [0.4, 0.5) is 5.00 Å². The lowest BCUT2D eigenvalue weighted by Gasteiger charge is -2.25. The molecular weight excluding hydrogens is 378 g/mol. The molecule has 0 radical (unpaired) electrons. The summed E-state index contributed by atoms with van der Waals surface area (Å²) >= 11 is 1.34. The van der Waals surface area contributed by atoms with Crippen LogP contribution < -0.4 is 14.8 Å². The van der Waals surface area contributed by atoms with Gasteiger partial charge in [0.25, 0.3) is 5.91 Å². The number of hydrogen-bond acceptors (Lipinski definition) is 6. The smallest absolute Gasteiger partial charge is 0.262 e. The van der Waals surface area contributed by atoms with Gasteiger partial charge in [-0.15, -0.1) is 11.3 Å². The molecule has 146 valence electrons. The van der Waals surface area contributed by atoms with Crippen LogP contribution in [0.5, 0.6) is 11.5 Å². The van der Waals surface area contributed by atoms with E-state index >= 15 is 0 Å². The normalized spacial score (nSPS) is 12.7. The number of thiophene rings is 1. The largest absolute Gasteiger partial charge is 0.494 e. The zero-order valence-electron chi connectivity index (χ0n) is 15.8. The fourth-order valence-electron chi connectivity index (χ4n) is 2.99. The van der Waals surface area contributed by atoms with Crippen molar-refractivity contribution in [2.75, 3.05) is 25.1 Å². The minimum atomic E-state index is -0.340. The Balaban J connectivity index is 1.63. The summed E-state index contributed by atoms with van der Waals surface area (Å²) < 4.78 is 10.9. The van der Waals surface area contributed by atoms with Gasteiger partial charge in [-0.2, -0.15) is 5.26 Å². The van der Waals surface area contributed by atoms with Gasteiger partial charge in [-0.1, -0.05) is 0 Å². The minimum Gasteiger partial charge on any atom is -0.494 e. The fourth-order valence-corrected chi connectivity index (χ4v) is 4.22. The highest BCUT2D eigenvalue weighted by Crippen LogP contribution is 2.36. The van der Waals surface area contributed by atoms with Crippen LogP contribution in [0.3, 0.4) is 0 Å². The van der Waals surface area contributed by atoms with E-state index in [0.29, 0.717) is 42.4 Å². The highest BCUT2D eigenvalue weighted by atomic mass is 32.1. The Bertz CT molecular complexity index is 915. The molecule has 0 fully saturated rings. The summed E-state index contributed by atoms with van der Waals surface area (Å²) in [5.41, 5.74) is 1.41. The Morgan fingerprint density at radius 1 is 1.25 bits per heavy atom. The molecule has 0 spiro atoms. The van der Waals surface area contributed by atoms with Gasteiger partial charge in [-0.3, -0.25) is 9.59 Å². The standard InChI is InChI=1S/C20H21N3O4S/c1-3-26-14-4-6-15(7-5-14)27-12-19(25)22-20-17(10-21)16-8-9-23(13(2)24)11-18(16)28-20/h4-7H,3,8-9,11-12H2,1-2H3,(H,22,25). The number of anilines is 1. The molecule has 0 bridgehead atoms. The molecule has 0 saturated carbocycles. The van der Waals surface area contributed by atoms with Crippen LogP contribution in [0, 0.1) is 11.3 Å². The van der Waals surface area contributed by atoms with Crippen molar-refractivity contribution < 1.29 is 19.1 Å². The van der Waals surface area contributed by atoms with Crippen molar-refractivity contribution in [3.8, 4) is 17.6 Å². The van der Waals surface area contributed by atoms with Crippen LogP contribution in [0.25, 0.3) is 0 Å². The van der Waals surface area contributed by atoms with Crippen LogP contribution in [-0.4, -0.2) is 36.5 Å². The number of benzene rings is 1. The van der Waals surface area contributed by atoms with E-state index in [1.54, 1.807) is 29.2 Å². The summed E-state index contributed by atoms with van der Waals surface area (Å²) in [5, 5.41) is 12.8. The van der Waals surface area contributed by atoms with E-state index in [2.05, 4.69) is 11.4 Å². The van der Waals surface area contributed by atoms with Crippen LogP contribution in [0.1, 0.15) is 29.9 Å². The molecular formula is C20H21N3O4S. The predicted molar refractivity (Wildman–Crippen MR) is 106 cm³/mol. The maximum absolute atomic E-state index is 12.3. The first-order chi connectivity index (χ1) is 13.5. The Morgan fingerprint density at radius 2 is 1.93 bits per heavy atom. The van der Waals surface area contributed by atoms with E-state index in [9.17, 15) is 14.9 Å². The number of nitrogens with zero attached hydrogens (tertiary/aromatic N) is 2. The zero-order valence-corrected chi connectivity index (χ0v) is 16.6. The molecule has 1 N–H and O–H groups in total. The van der Waals surface area contributed by atoms with Gasteiger partial charge in [0.05, 0.1) is 18.7 Å². The molecule has 0 saturated heterocycles. The molecule has 2 heterocycles. The van der Waals surface area contributed by atoms with Crippen LogP contribution in [0.15, 0.2) is 24.3 Å². The summed E-state index contributed by atoms with van der Waals surface area (Å²) in [5.74, 6) is 0.961. The Kier molecular flexibility index (Phi) is 6.16. The summed E-state index contributed by atoms with van der Waals surface area (Å²) in [6.45, 7) is 4.92. The summed E-state index contributed by atoms with van der Waals surface area (Å²) in [6.07, 6.45) is 0.618. The Morgan fingerprint density at radius 3 is 2.54 bits per heavy atom. The van der Waals surface area contributed by atoms with Crippen molar-refractivity contribution in [1.82, 2.24) is 4.90 Å². The molecule has 2 amide bonds. The lowest BCUT2D eigenvalue weighted by Crippen LogP contribution is -2.33. The molecule has 3 rings (SSSR count). The monoisotopic (exact) mass is 399 g/mol. The fraction of sp³-hybridized carbons (Fsp3) is 0.350. The van der Waals surface area contributed by atoms with Crippen LogP contribution in [-0.2, 0) is 22.6 Å². The second kappa shape index (κ2) is 8.76. The van der Waals surface area contributed by atoms with E-state index in [1.165, 1.54) is 18.3 Å². The van der Waals surface area contributed by atoms with Gasteiger partial charge in [0.1, 0.15) is 22.6 Å². The molecule has 28 heavy (non-hydrogen) atoms. The number of amides is 2. The quantitative estimate of drug-likeness (QED) is 0.806. The summed E-state index contributed by atoms with van der Waals surface area (Å²) in [7, 11) is 0.